The fraction of sp³-hybridized carbons (Fsp3) is 0.615. The molecule has 0 radical (unpaired) electrons. The van der Waals surface area contributed by atoms with Gasteiger partial charge in [0, 0.05) is 48.4 Å². The van der Waals surface area contributed by atoms with Crippen molar-refractivity contribution in [3.05, 3.63) is 28.5 Å². The van der Waals surface area contributed by atoms with Crippen LogP contribution in [0, 0.1) is 0 Å². The van der Waals surface area contributed by atoms with Crippen LogP contribution in [0.2, 0.25) is 0 Å². The van der Waals surface area contributed by atoms with Crippen molar-refractivity contribution in [1.29, 1.82) is 0 Å². The summed E-state index contributed by atoms with van der Waals surface area (Å²) in [5.74, 6) is 0. The van der Waals surface area contributed by atoms with E-state index in [2.05, 4.69) is 52.7 Å². The molecule has 1 aromatic heterocycles. The molecule has 0 N–H and O–H groups in total. The van der Waals surface area contributed by atoms with Crippen LogP contribution in [0.5, 0.6) is 0 Å². The molecule has 0 amide bonds. The monoisotopic (exact) mass is 375 g/mol. The fourth-order valence-corrected chi connectivity index (χ4v) is 3.24. The molecule has 0 saturated carbocycles. The van der Waals surface area contributed by atoms with E-state index in [9.17, 15) is 0 Å². The first-order chi connectivity index (χ1) is 8.78. The van der Waals surface area contributed by atoms with Gasteiger partial charge < -0.3 is 4.90 Å². The molecule has 1 aliphatic rings. The number of halogens is 2. The number of nitrogens with zero attached hydrogens (tertiary/aromatic N) is 3. The number of pyridine rings is 1. The van der Waals surface area contributed by atoms with Gasteiger partial charge in [-0.15, -0.1) is 0 Å². The topological polar surface area (TPSA) is 19.4 Å². The standard InChI is InChI=1S/C13H19Br2N3/c14-2-5-17-3-1-4-18(7-6-17)11-12-8-13(15)10-16-9-12/h8-10H,1-7,11H2. The zero-order valence-electron chi connectivity index (χ0n) is 10.5. The minimum atomic E-state index is 1.01. The Kier molecular flexibility index (Phi) is 6.08. The Hall–Kier alpha value is 0.0300. The molecule has 0 aromatic carbocycles. The van der Waals surface area contributed by atoms with Crippen molar-refractivity contribution in [2.45, 2.75) is 13.0 Å². The Morgan fingerprint density at radius 3 is 2.67 bits per heavy atom. The van der Waals surface area contributed by atoms with Gasteiger partial charge in [-0.2, -0.15) is 0 Å². The molecule has 1 aliphatic heterocycles. The molecule has 100 valence electrons. The predicted octanol–water partition coefficient (Wildman–Crippen LogP) is 2.75. The Balaban J connectivity index is 1.87. The minimum Gasteiger partial charge on any atom is -0.301 e. The quantitative estimate of drug-likeness (QED) is 0.753. The zero-order valence-corrected chi connectivity index (χ0v) is 13.7. The first-order valence-electron chi connectivity index (χ1n) is 6.38. The molecule has 3 nitrogen and oxygen atoms in total. The van der Waals surface area contributed by atoms with Crippen LogP contribution in [0.25, 0.3) is 0 Å². The van der Waals surface area contributed by atoms with Gasteiger partial charge in [-0.05, 0) is 47.1 Å². The summed E-state index contributed by atoms with van der Waals surface area (Å²) in [5.41, 5.74) is 1.29. The van der Waals surface area contributed by atoms with Gasteiger partial charge in [-0.1, -0.05) is 15.9 Å². The van der Waals surface area contributed by atoms with Crippen LogP contribution in [0.3, 0.4) is 0 Å². The summed E-state index contributed by atoms with van der Waals surface area (Å²) in [7, 11) is 0. The molecule has 2 rings (SSSR count). The molecule has 2 heterocycles. The Bertz CT molecular complexity index is 373. The molecule has 1 saturated heterocycles. The molecular weight excluding hydrogens is 358 g/mol. The molecule has 1 fully saturated rings. The SMILES string of the molecule is BrCCN1CCCN(Cc2cncc(Br)c2)CC1. The largest absolute Gasteiger partial charge is 0.301 e. The van der Waals surface area contributed by atoms with Crippen LogP contribution >= 0.6 is 31.9 Å². The molecule has 0 atom stereocenters. The molecule has 5 heteroatoms. The third-order valence-corrected chi connectivity index (χ3v) is 4.04. The van der Waals surface area contributed by atoms with E-state index in [1.807, 2.05) is 12.4 Å². The maximum atomic E-state index is 4.23. The minimum absolute atomic E-state index is 1.01. The van der Waals surface area contributed by atoms with Crippen LogP contribution in [0.15, 0.2) is 22.9 Å². The predicted molar refractivity (Wildman–Crippen MR) is 82.1 cm³/mol. The Labute approximate surface area is 126 Å². The third-order valence-electron chi connectivity index (χ3n) is 3.25. The molecular formula is C13H19Br2N3. The lowest BCUT2D eigenvalue weighted by molar-refractivity contribution is 0.258. The van der Waals surface area contributed by atoms with Crippen molar-refractivity contribution in [3.8, 4) is 0 Å². The summed E-state index contributed by atoms with van der Waals surface area (Å²) in [5, 5.41) is 1.07. The van der Waals surface area contributed by atoms with Crippen LogP contribution in [-0.4, -0.2) is 52.8 Å². The molecule has 0 aliphatic carbocycles. The summed E-state index contributed by atoms with van der Waals surface area (Å²) in [6, 6.07) is 2.16. The van der Waals surface area contributed by atoms with Gasteiger partial charge in [-0.25, -0.2) is 0 Å². The van der Waals surface area contributed by atoms with Crippen molar-refractivity contribution in [2.24, 2.45) is 0 Å². The highest BCUT2D eigenvalue weighted by Gasteiger charge is 2.14. The highest BCUT2D eigenvalue weighted by Crippen LogP contribution is 2.13. The van der Waals surface area contributed by atoms with E-state index < -0.39 is 0 Å². The third kappa shape index (κ3) is 4.61. The van der Waals surface area contributed by atoms with Crippen molar-refractivity contribution in [3.63, 3.8) is 0 Å². The highest BCUT2D eigenvalue weighted by molar-refractivity contribution is 9.10. The van der Waals surface area contributed by atoms with E-state index in [0.717, 1.165) is 29.4 Å². The Morgan fingerprint density at radius 1 is 1.11 bits per heavy atom. The van der Waals surface area contributed by atoms with E-state index in [0.29, 0.717) is 0 Å². The maximum absolute atomic E-state index is 4.23. The van der Waals surface area contributed by atoms with Crippen molar-refractivity contribution < 1.29 is 0 Å². The lowest BCUT2D eigenvalue weighted by Gasteiger charge is -2.21. The average Bonchev–Trinajstić information content (AvgIpc) is 2.56. The van der Waals surface area contributed by atoms with Gasteiger partial charge in [0.2, 0.25) is 0 Å². The van der Waals surface area contributed by atoms with Crippen LogP contribution < -0.4 is 0 Å². The van der Waals surface area contributed by atoms with E-state index in [1.54, 1.807) is 0 Å². The summed E-state index contributed by atoms with van der Waals surface area (Å²) < 4.78 is 1.07. The molecule has 0 spiro atoms. The summed E-state index contributed by atoms with van der Waals surface area (Å²) in [6.07, 6.45) is 5.06. The zero-order chi connectivity index (χ0) is 12.8. The molecule has 1 aromatic rings. The van der Waals surface area contributed by atoms with E-state index >= 15 is 0 Å². The fourth-order valence-electron chi connectivity index (χ4n) is 2.33. The van der Waals surface area contributed by atoms with Gasteiger partial charge in [0.25, 0.3) is 0 Å². The van der Waals surface area contributed by atoms with Gasteiger partial charge in [0.15, 0.2) is 0 Å². The number of hydrogen-bond donors (Lipinski definition) is 0. The van der Waals surface area contributed by atoms with Crippen molar-refractivity contribution in [2.75, 3.05) is 38.1 Å². The number of hydrogen-bond acceptors (Lipinski definition) is 3. The summed E-state index contributed by atoms with van der Waals surface area (Å²) >= 11 is 7.00. The second-order valence-corrected chi connectivity index (χ2v) is 6.38. The van der Waals surface area contributed by atoms with Gasteiger partial charge in [0.1, 0.15) is 0 Å². The van der Waals surface area contributed by atoms with Crippen molar-refractivity contribution in [1.82, 2.24) is 14.8 Å². The van der Waals surface area contributed by atoms with E-state index in [1.165, 1.54) is 31.6 Å². The average molecular weight is 377 g/mol. The van der Waals surface area contributed by atoms with Crippen LogP contribution in [0.1, 0.15) is 12.0 Å². The summed E-state index contributed by atoms with van der Waals surface area (Å²) in [4.78, 5) is 9.29. The second kappa shape index (κ2) is 7.58. The second-order valence-electron chi connectivity index (χ2n) is 4.67. The van der Waals surface area contributed by atoms with Crippen LogP contribution in [-0.2, 0) is 6.54 Å². The van der Waals surface area contributed by atoms with Crippen molar-refractivity contribution >= 4 is 31.9 Å². The molecule has 0 bridgehead atoms. The lowest BCUT2D eigenvalue weighted by Crippen LogP contribution is -2.31. The van der Waals surface area contributed by atoms with Gasteiger partial charge >= 0.3 is 0 Å². The lowest BCUT2D eigenvalue weighted by atomic mass is 10.2. The number of alkyl halides is 1. The van der Waals surface area contributed by atoms with Crippen LogP contribution in [0.4, 0.5) is 0 Å². The Morgan fingerprint density at radius 2 is 1.89 bits per heavy atom. The molecule has 18 heavy (non-hydrogen) atoms. The van der Waals surface area contributed by atoms with E-state index in [-0.39, 0.29) is 0 Å². The number of aromatic nitrogens is 1. The number of rotatable bonds is 4. The maximum Gasteiger partial charge on any atom is 0.0410 e. The normalized spacial score (nSPS) is 18.8. The molecule has 0 unspecified atom stereocenters. The van der Waals surface area contributed by atoms with E-state index in [4.69, 9.17) is 0 Å². The van der Waals surface area contributed by atoms with Gasteiger partial charge in [0.05, 0.1) is 0 Å². The highest BCUT2D eigenvalue weighted by atomic mass is 79.9. The smallest absolute Gasteiger partial charge is 0.0410 e. The van der Waals surface area contributed by atoms with Gasteiger partial charge in [-0.3, -0.25) is 9.88 Å². The first kappa shape index (κ1) is 14.4. The first-order valence-corrected chi connectivity index (χ1v) is 8.29. The summed E-state index contributed by atoms with van der Waals surface area (Å²) in [6.45, 7) is 6.90.